The number of aromatic nitrogens is 2. The SMILES string of the molecule is C[NH+]=C(N)Nc1nc(C)c2ccc(C)cc2n1. The van der Waals surface area contributed by atoms with Gasteiger partial charge in [0.05, 0.1) is 18.3 Å². The Morgan fingerprint density at radius 3 is 2.76 bits per heavy atom. The van der Waals surface area contributed by atoms with E-state index in [1.165, 1.54) is 5.56 Å². The molecule has 17 heavy (non-hydrogen) atoms. The normalized spacial score (nSPS) is 11.8. The molecule has 0 aliphatic carbocycles. The number of guanidine groups is 1. The molecule has 0 amide bonds. The predicted molar refractivity (Wildman–Crippen MR) is 68.7 cm³/mol. The molecule has 0 aliphatic rings. The van der Waals surface area contributed by atoms with Crippen LogP contribution >= 0.6 is 0 Å². The molecular formula is C12H16N5+. The standard InChI is InChI=1S/C12H15N5/c1-7-4-5-9-8(2)15-12(16-10(9)6-7)17-11(13)14-3/h4-6H,1-3H3,(H3,13,14,15,16,17)/p+1. The Morgan fingerprint density at radius 1 is 1.29 bits per heavy atom. The fourth-order valence-corrected chi connectivity index (χ4v) is 1.64. The molecule has 5 nitrogen and oxygen atoms in total. The van der Waals surface area contributed by atoms with Crippen LogP contribution in [0.5, 0.6) is 0 Å². The zero-order valence-corrected chi connectivity index (χ0v) is 10.2. The van der Waals surface area contributed by atoms with Gasteiger partial charge < -0.3 is 0 Å². The maximum Gasteiger partial charge on any atom is 0.348 e. The summed E-state index contributed by atoms with van der Waals surface area (Å²) < 4.78 is 0. The molecule has 0 radical (unpaired) electrons. The van der Waals surface area contributed by atoms with Gasteiger partial charge in [0.25, 0.3) is 5.95 Å². The fourth-order valence-electron chi connectivity index (χ4n) is 1.64. The van der Waals surface area contributed by atoms with E-state index in [2.05, 4.69) is 26.3 Å². The van der Waals surface area contributed by atoms with Crippen LogP contribution in [0, 0.1) is 13.8 Å². The van der Waals surface area contributed by atoms with Crippen LogP contribution in [0.4, 0.5) is 5.95 Å². The van der Waals surface area contributed by atoms with Gasteiger partial charge in [-0.05, 0) is 25.5 Å². The Balaban J connectivity index is 2.53. The summed E-state index contributed by atoms with van der Waals surface area (Å²) in [6.07, 6.45) is 0. The molecule has 0 saturated carbocycles. The largest absolute Gasteiger partial charge is 0.348 e. The maximum absolute atomic E-state index is 5.64. The lowest BCUT2D eigenvalue weighted by molar-refractivity contribution is -0.420. The number of hydrogen-bond donors (Lipinski definition) is 3. The van der Waals surface area contributed by atoms with E-state index in [1.54, 1.807) is 7.05 Å². The quantitative estimate of drug-likeness (QED) is 0.463. The molecule has 0 fully saturated rings. The minimum Gasteiger partial charge on any atom is -0.290 e. The van der Waals surface area contributed by atoms with Crippen LogP contribution in [0.2, 0.25) is 0 Å². The fraction of sp³-hybridized carbons (Fsp3) is 0.250. The van der Waals surface area contributed by atoms with Crippen molar-refractivity contribution in [3.63, 3.8) is 0 Å². The summed E-state index contributed by atoms with van der Waals surface area (Å²) in [5.41, 5.74) is 8.67. The highest BCUT2D eigenvalue weighted by molar-refractivity contribution is 5.88. The molecule has 1 aromatic carbocycles. The van der Waals surface area contributed by atoms with Gasteiger partial charge in [0.15, 0.2) is 0 Å². The number of benzene rings is 1. The second kappa shape index (κ2) is 4.37. The number of aryl methyl sites for hydroxylation is 2. The topological polar surface area (TPSA) is 77.8 Å². The Hall–Kier alpha value is -2.17. The van der Waals surface area contributed by atoms with E-state index in [9.17, 15) is 0 Å². The molecule has 0 bridgehead atoms. The number of anilines is 1. The molecule has 0 aliphatic heterocycles. The van der Waals surface area contributed by atoms with Gasteiger partial charge in [-0.2, -0.15) is 4.98 Å². The van der Waals surface area contributed by atoms with E-state index in [0.29, 0.717) is 11.9 Å². The minimum absolute atomic E-state index is 0.427. The molecule has 0 unspecified atom stereocenters. The summed E-state index contributed by atoms with van der Waals surface area (Å²) in [7, 11) is 1.74. The molecule has 5 heteroatoms. The van der Waals surface area contributed by atoms with E-state index in [4.69, 9.17) is 5.73 Å². The third-order valence-corrected chi connectivity index (χ3v) is 2.56. The molecule has 88 valence electrons. The van der Waals surface area contributed by atoms with E-state index in [1.807, 2.05) is 26.0 Å². The van der Waals surface area contributed by atoms with Crippen molar-refractivity contribution >= 4 is 22.8 Å². The molecule has 1 heterocycles. The first-order valence-corrected chi connectivity index (χ1v) is 5.42. The number of rotatable bonds is 1. The zero-order valence-electron chi connectivity index (χ0n) is 10.2. The highest BCUT2D eigenvalue weighted by Crippen LogP contribution is 2.18. The van der Waals surface area contributed by atoms with Crippen LogP contribution in [0.15, 0.2) is 18.2 Å². The van der Waals surface area contributed by atoms with Gasteiger partial charge in [0, 0.05) is 5.39 Å². The zero-order chi connectivity index (χ0) is 12.4. The Bertz CT molecular complexity index is 589. The molecule has 2 rings (SSSR count). The monoisotopic (exact) mass is 230 g/mol. The number of nitrogens with two attached hydrogens (primary N) is 1. The highest BCUT2D eigenvalue weighted by Gasteiger charge is 2.08. The number of fused-ring (bicyclic) bond motifs is 1. The lowest BCUT2D eigenvalue weighted by Gasteiger charge is -2.04. The third kappa shape index (κ3) is 2.33. The van der Waals surface area contributed by atoms with Crippen LogP contribution in [0.25, 0.3) is 10.9 Å². The van der Waals surface area contributed by atoms with Crippen molar-refractivity contribution in [1.29, 1.82) is 0 Å². The van der Waals surface area contributed by atoms with Gasteiger partial charge in [-0.25, -0.2) is 10.3 Å². The maximum atomic E-state index is 5.64. The molecule has 0 saturated heterocycles. The first-order valence-electron chi connectivity index (χ1n) is 5.42. The summed E-state index contributed by atoms with van der Waals surface area (Å²) >= 11 is 0. The molecular weight excluding hydrogens is 214 g/mol. The lowest BCUT2D eigenvalue weighted by Crippen LogP contribution is -2.73. The van der Waals surface area contributed by atoms with Crippen molar-refractivity contribution in [1.82, 2.24) is 9.97 Å². The van der Waals surface area contributed by atoms with Crippen molar-refractivity contribution < 1.29 is 4.99 Å². The Morgan fingerprint density at radius 2 is 2.06 bits per heavy atom. The molecule has 0 spiro atoms. The highest BCUT2D eigenvalue weighted by atomic mass is 15.2. The summed E-state index contributed by atoms with van der Waals surface area (Å²) in [6, 6.07) is 6.12. The smallest absolute Gasteiger partial charge is 0.290 e. The number of nitrogens with one attached hydrogen (secondary N) is 2. The first kappa shape index (κ1) is 11.3. The van der Waals surface area contributed by atoms with Crippen molar-refractivity contribution in [3.05, 3.63) is 29.5 Å². The third-order valence-electron chi connectivity index (χ3n) is 2.56. The van der Waals surface area contributed by atoms with Crippen molar-refractivity contribution in [2.75, 3.05) is 12.4 Å². The minimum atomic E-state index is 0.427. The second-order valence-corrected chi connectivity index (χ2v) is 3.94. The molecule has 0 atom stereocenters. The lowest BCUT2D eigenvalue weighted by atomic mass is 10.1. The van der Waals surface area contributed by atoms with Gasteiger partial charge in [-0.15, -0.1) is 0 Å². The summed E-state index contributed by atoms with van der Waals surface area (Å²) in [5.74, 6) is 0.934. The molecule has 1 aromatic heterocycles. The van der Waals surface area contributed by atoms with Gasteiger partial charge in [-0.3, -0.25) is 10.7 Å². The average Bonchev–Trinajstić information content (AvgIpc) is 2.28. The van der Waals surface area contributed by atoms with Gasteiger partial charge in [-0.1, -0.05) is 12.1 Å². The first-order chi connectivity index (χ1) is 8.10. The van der Waals surface area contributed by atoms with Crippen LogP contribution < -0.4 is 16.0 Å². The van der Waals surface area contributed by atoms with Gasteiger partial charge in [0.1, 0.15) is 0 Å². The van der Waals surface area contributed by atoms with E-state index in [0.717, 1.165) is 16.6 Å². The van der Waals surface area contributed by atoms with Crippen LogP contribution in [-0.4, -0.2) is 23.0 Å². The van der Waals surface area contributed by atoms with E-state index >= 15 is 0 Å². The molecule has 4 N–H and O–H groups in total. The van der Waals surface area contributed by atoms with E-state index < -0.39 is 0 Å². The van der Waals surface area contributed by atoms with Gasteiger partial charge >= 0.3 is 5.96 Å². The Kier molecular flexibility index (Phi) is 2.91. The summed E-state index contributed by atoms with van der Waals surface area (Å²) in [6.45, 7) is 4.00. The van der Waals surface area contributed by atoms with E-state index in [-0.39, 0.29) is 0 Å². The number of hydrogen-bond acceptors (Lipinski definition) is 2. The predicted octanol–water partition coefficient (Wildman–Crippen LogP) is -0.316. The van der Waals surface area contributed by atoms with Crippen LogP contribution in [0.3, 0.4) is 0 Å². The number of nitrogens with zero attached hydrogens (tertiary/aromatic N) is 2. The summed E-state index contributed by atoms with van der Waals surface area (Å²) in [5, 5.41) is 3.96. The Labute approximate surface area is 99.8 Å². The average molecular weight is 230 g/mol. The van der Waals surface area contributed by atoms with Crippen molar-refractivity contribution in [3.8, 4) is 0 Å². The second-order valence-electron chi connectivity index (χ2n) is 3.94. The van der Waals surface area contributed by atoms with Crippen molar-refractivity contribution in [2.24, 2.45) is 5.73 Å². The van der Waals surface area contributed by atoms with Crippen molar-refractivity contribution in [2.45, 2.75) is 13.8 Å². The molecule has 2 aromatic rings. The van der Waals surface area contributed by atoms with Crippen LogP contribution in [0.1, 0.15) is 11.3 Å². The summed E-state index contributed by atoms with van der Waals surface area (Å²) in [4.78, 5) is 11.6. The van der Waals surface area contributed by atoms with Crippen LogP contribution in [-0.2, 0) is 0 Å². The van der Waals surface area contributed by atoms with Gasteiger partial charge in [0.2, 0.25) is 0 Å².